The van der Waals surface area contributed by atoms with Crippen molar-refractivity contribution >= 4 is 18.0 Å². The second-order valence-electron chi connectivity index (χ2n) is 7.64. The fourth-order valence-corrected chi connectivity index (χ4v) is 3.67. The molecule has 2 fully saturated rings. The normalized spacial score (nSPS) is 24.6. The molecule has 0 radical (unpaired) electrons. The summed E-state index contributed by atoms with van der Waals surface area (Å²) in [6.07, 6.45) is 1.56. The predicted octanol–water partition coefficient (Wildman–Crippen LogP) is 3.89. The van der Waals surface area contributed by atoms with E-state index in [1.807, 2.05) is 0 Å². The van der Waals surface area contributed by atoms with Crippen LogP contribution in [0, 0.1) is 5.92 Å². The summed E-state index contributed by atoms with van der Waals surface area (Å²) in [7, 11) is 0. The van der Waals surface area contributed by atoms with E-state index in [0.29, 0.717) is 5.56 Å². The Labute approximate surface area is 166 Å². The van der Waals surface area contributed by atoms with Crippen LogP contribution in [-0.4, -0.2) is 35.9 Å². The van der Waals surface area contributed by atoms with E-state index in [4.69, 9.17) is 9.47 Å². The number of ether oxygens (including phenoxy) is 2. The van der Waals surface area contributed by atoms with Crippen molar-refractivity contribution in [3.05, 3.63) is 41.0 Å². The average Bonchev–Trinajstić information content (AvgIpc) is 3.02. The lowest BCUT2D eigenvalue weighted by Crippen LogP contribution is -2.40. The number of halogens is 3. The van der Waals surface area contributed by atoms with Crippen molar-refractivity contribution in [2.75, 3.05) is 13.2 Å². The van der Waals surface area contributed by atoms with Crippen LogP contribution in [0.3, 0.4) is 0 Å². The summed E-state index contributed by atoms with van der Waals surface area (Å²) in [5.41, 5.74) is -1.54. The maximum atomic E-state index is 12.7. The fourth-order valence-electron chi connectivity index (χ4n) is 3.67. The van der Waals surface area contributed by atoms with E-state index >= 15 is 0 Å². The van der Waals surface area contributed by atoms with E-state index in [1.165, 1.54) is 18.2 Å². The van der Waals surface area contributed by atoms with Gasteiger partial charge in [-0.1, -0.05) is 31.4 Å². The van der Waals surface area contributed by atoms with Gasteiger partial charge < -0.3 is 14.6 Å². The molecule has 1 N–H and O–H groups in total. The number of esters is 2. The number of benzene rings is 1. The number of aliphatic hydroxyl groups excluding tert-OH is 1. The highest BCUT2D eigenvalue weighted by molar-refractivity contribution is 5.96. The van der Waals surface area contributed by atoms with Crippen LogP contribution < -0.4 is 0 Å². The third-order valence-electron chi connectivity index (χ3n) is 5.37. The number of hydrogen-bond donors (Lipinski definition) is 1. The number of rotatable bonds is 5. The first-order valence-corrected chi connectivity index (χ1v) is 9.61. The third-order valence-corrected chi connectivity index (χ3v) is 5.37. The standard InChI is InChI=1S/C21H23F3O5/c22-21(23,24)17-8-6-14(7-9-17)10-16-11-20(12-25,29-19(16)27)13-28-18(26)15-4-2-1-3-5-15/h6-10,15,25H,1-5,11-13H2/b16-10+. The van der Waals surface area contributed by atoms with Crippen LogP contribution in [0.1, 0.15) is 49.7 Å². The largest absolute Gasteiger partial charge is 0.461 e. The van der Waals surface area contributed by atoms with Gasteiger partial charge in [0.2, 0.25) is 0 Å². The summed E-state index contributed by atoms with van der Waals surface area (Å²) in [6.45, 7) is -0.782. The van der Waals surface area contributed by atoms with Crippen LogP contribution in [-0.2, 0) is 25.2 Å². The summed E-state index contributed by atoms with van der Waals surface area (Å²) in [5.74, 6) is -1.21. The number of aliphatic hydroxyl groups is 1. The number of carbonyl (C=O) groups excluding carboxylic acids is 2. The van der Waals surface area contributed by atoms with Crippen molar-refractivity contribution < 1.29 is 37.3 Å². The maximum Gasteiger partial charge on any atom is 0.416 e. The summed E-state index contributed by atoms with van der Waals surface area (Å²) in [6, 6.07) is 4.37. The van der Waals surface area contributed by atoms with Crippen LogP contribution in [0.4, 0.5) is 13.2 Å². The molecule has 1 aliphatic heterocycles. The smallest absolute Gasteiger partial charge is 0.416 e. The van der Waals surface area contributed by atoms with Gasteiger partial charge in [0.25, 0.3) is 0 Å². The molecule has 0 aromatic heterocycles. The number of cyclic esters (lactones) is 1. The molecule has 5 nitrogen and oxygen atoms in total. The van der Waals surface area contributed by atoms with Gasteiger partial charge in [-0.15, -0.1) is 0 Å². The van der Waals surface area contributed by atoms with Gasteiger partial charge in [-0.05, 0) is 36.6 Å². The quantitative estimate of drug-likeness (QED) is 0.587. The van der Waals surface area contributed by atoms with Gasteiger partial charge >= 0.3 is 18.1 Å². The first-order chi connectivity index (χ1) is 13.7. The maximum absolute atomic E-state index is 12.7. The third kappa shape index (κ3) is 5.18. The first kappa shape index (κ1) is 21.4. The Morgan fingerprint density at radius 2 is 1.86 bits per heavy atom. The second-order valence-corrected chi connectivity index (χ2v) is 7.64. The van der Waals surface area contributed by atoms with Crippen LogP contribution in [0.2, 0.25) is 0 Å². The van der Waals surface area contributed by atoms with Gasteiger partial charge in [0.15, 0.2) is 5.60 Å². The molecular formula is C21H23F3O5. The van der Waals surface area contributed by atoms with E-state index in [1.54, 1.807) is 0 Å². The topological polar surface area (TPSA) is 72.8 Å². The van der Waals surface area contributed by atoms with E-state index in [9.17, 15) is 27.9 Å². The minimum atomic E-state index is -4.44. The molecule has 0 spiro atoms. The van der Waals surface area contributed by atoms with Gasteiger partial charge in [0, 0.05) is 12.0 Å². The lowest BCUT2D eigenvalue weighted by molar-refractivity contribution is -0.169. The highest BCUT2D eigenvalue weighted by Gasteiger charge is 2.45. The zero-order valence-corrected chi connectivity index (χ0v) is 15.8. The van der Waals surface area contributed by atoms with Crippen molar-refractivity contribution in [1.82, 2.24) is 0 Å². The zero-order valence-electron chi connectivity index (χ0n) is 15.8. The van der Waals surface area contributed by atoms with Crippen molar-refractivity contribution in [3.8, 4) is 0 Å². The molecule has 1 atom stereocenters. The average molecular weight is 412 g/mol. The Hall–Kier alpha value is -2.35. The monoisotopic (exact) mass is 412 g/mol. The molecule has 1 unspecified atom stereocenters. The zero-order chi connectivity index (χ0) is 21.1. The fraction of sp³-hybridized carbons (Fsp3) is 0.524. The Kier molecular flexibility index (Phi) is 6.31. The Bertz CT molecular complexity index is 779. The Morgan fingerprint density at radius 1 is 1.21 bits per heavy atom. The molecule has 158 valence electrons. The Morgan fingerprint density at radius 3 is 2.45 bits per heavy atom. The van der Waals surface area contributed by atoms with Crippen LogP contribution in [0.25, 0.3) is 6.08 Å². The molecule has 1 aromatic carbocycles. The summed E-state index contributed by atoms with van der Waals surface area (Å²) in [5, 5.41) is 9.75. The molecule has 1 saturated heterocycles. The summed E-state index contributed by atoms with van der Waals surface area (Å²) in [4.78, 5) is 24.4. The minimum absolute atomic E-state index is 0.00129. The van der Waals surface area contributed by atoms with E-state index in [-0.39, 0.29) is 30.5 Å². The second kappa shape index (κ2) is 8.57. The summed E-state index contributed by atoms with van der Waals surface area (Å²) < 4.78 is 48.6. The highest BCUT2D eigenvalue weighted by Crippen LogP contribution is 2.34. The molecular weight excluding hydrogens is 389 g/mol. The Balaban J connectivity index is 1.66. The van der Waals surface area contributed by atoms with Crippen LogP contribution in [0.5, 0.6) is 0 Å². The van der Waals surface area contributed by atoms with E-state index < -0.39 is 29.9 Å². The summed E-state index contributed by atoms with van der Waals surface area (Å²) >= 11 is 0. The van der Waals surface area contributed by atoms with E-state index in [0.717, 1.165) is 44.2 Å². The molecule has 1 aliphatic carbocycles. The minimum Gasteiger partial charge on any atom is -0.461 e. The highest BCUT2D eigenvalue weighted by atomic mass is 19.4. The molecule has 0 amide bonds. The molecule has 1 aromatic rings. The van der Waals surface area contributed by atoms with E-state index in [2.05, 4.69) is 0 Å². The number of alkyl halides is 3. The van der Waals surface area contributed by atoms with Gasteiger partial charge in [-0.25, -0.2) is 4.79 Å². The van der Waals surface area contributed by atoms with Crippen molar-refractivity contribution in [2.24, 2.45) is 5.92 Å². The molecule has 3 rings (SSSR count). The van der Waals surface area contributed by atoms with Crippen molar-refractivity contribution in [3.63, 3.8) is 0 Å². The van der Waals surface area contributed by atoms with Crippen molar-refractivity contribution in [1.29, 1.82) is 0 Å². The van der Waals surface area contributed by atoms with Crippen LogP contribution in [0.15, 0.2) is 29.8 Å². The lowest BCUT2D eigenvalue weighted by Gasteiger charge is -2.26. The van der Waals surface area contributed by atoms with Crippen molar-refractivity contribution in [2.45, 2.75) is 50.3 Å². The van der Waals surface area contributed by atoms with Gasteiger partial charge in [-0.2, -0.15) is 13.2 Å². The van der Waals surface area contributed by atoms with Gasteiger partial charge in [0.1, 0.15) is 6.61 Å². The molecule has 8 heteroatoms. The predicted molar refractivity (Wildman–Crippen MR) is 97.5 cm³/mol. The molecule has 1 heterocycles. The number of carbonyl (C=O) groups is 2. The molecule has 1 saturated carbocycles. The molecule has 2 aliphatic rings. The lowest BCUT2D eigenvalue weighted by atomic mass is 9.89. The van der Waals surface area contributed by atoms with Gasteiger partial charge in [-0.3, -0.25) is 4.79 Å². The van der Waals surface area contributed by atoms with Gasteiger partial charge in [0.05, 0.1) is 18.1 Å². The SMILES string of the molecule is O=C1OC(CO)(COC(=O)C2CCCCC2)C/C1=C\c1ccc(C(F)(F)F)cc1. The first-order valence-electron chi connectivity index (χ1n) is 9.61. The molecule has 29 heavy (non-hydrogen) atoms. The van der Waals surface area contributed by atoms with Crippen LogP contribution >= 0.6 is 0 Å². The molecule has 0 bridgehead atoms. The number of hydrogen-bond acceptors (Lipinski definition) is 5.